The first-order chi connectivity index (χ1) is 11.9. The lowest BCUT2D eigenvalue weighted by Gasteiger charge is -2.32. The Morgan fingerprint density at radius 1 is 1.00 bits per heavy atom. The maximum Gasteiger partial charge on any atom is 0.319 e. The number of hydrogen-bond acceptors (Lipinski definition) is 3. The molecular formula is C20H24N2O3. The molecule has 25 heavy (non-hydrogen) atoms. The summed E-state index contributed by atoms with van der Waals surface area (Å²) in [5.41, 5.74) is 1.63. The minimum atomic E-state index is -0.250. The summed E-state index contributed by atoms with van der Waals surface area (Å²) in [5, 5.41) is 5.96. The molecule has 0 saturated heterocycles. The van der Waals surface area contributed by atoms with Crippen LogP contribution >= 0.6 is 0 Å². The van der Waals surface area contributed by atoms with Crippen molar-refractivity contribution in [3.05, 3.63) is 54.1 Å². The highest BCUT2D eigenvalue weighted by Crippen LogP contribution is 2.34. The van der Waals surface area contributed by atoms with Crippen LogP contribution in [0.5, 0.6) is 11.5 Å². The zero-order chi connectivity index (χ0) is 17.9. The summed E-state index contributed by atoms with van der Waals surface area (Å²) in [7, 11) is 0. The van der Waals surface area contributed by atoms with Gasteiger partial charge in [-0.2, -0.15) is 0 Å². The molecule has 0 aromatic heterocycles. The van der Waals surface area contributed by atoms with Crippen molar-refractivity contribution in [2.75, 3.05) is 18.5 Å². The number of carbonyl (C=O) groups is 1. The van der Waals surface area contributed by atoms with Crippen LogP contribution in [0, 0.1) is 5.41 Å². The molecule has 132 valence electrons. The number of ether oxygens (including phenoxy) is 2. The molecule has 1 aliphatic heterocycles. The maximum atomic E-state index is 12.5. The first kappa shape index (κ1) is 17.1. The van der Waals surface area contributed by atoms with Gasteiger partial charge in [0.25, 0.3) is 0 Å². The van der Waals surface area contributed by atoms with Gasteiger partial charge >= 0.3 is 6.03 Å². The first-order valence-corrected chi connectivity index (χ1v) is 8.45. The minimum absolute atomic E-state index is 0.106. The summed E-state index contributed by atoms with van der Waals surface area (Å²) in [6, 6.07) is 15.0. The van der Waals surface area contributed by atoms with Crippen molar-refractivity contribution in [2.24, 2.45) is 5.41 Å². The molecule has 0 aliphatic carbocycles. The lowest BCUT2D eigenvalue weighted by molar-refractivity contribution is 0.171. The number of amides is 2. The van der Waals surface area contributed by atoms with Gasteiger partial charge in [-0.3, -0.25) is 0 Å². The van der Waals surface area contributed by atoms with Crippen LogP contribution in [-0.4, -0.2) is 19.2 Å². The monoisotopic (exact) mass is 340 g/mol. The van der Waals surface area contributed by atoms with E-state index in [1.165, 1.54) is 0 Å². The molecule has 0 spiro atoms. The van der Waals surface area contributed by atoms with E-state index in [4.69, 9.17) is 9.47 Å². The largest absolute Gasteiger partial charge is 0.486 e. The fourth-order valence-electron chi connectivity index (χ4n) is 2.86. The van der Waals surface area contributed by atoms with Gasteiger partial charge in [-0.1, -0.05) is 51.1 Å². The standard InChI is InChI=1S/C20H24N2O3/c1-20(2,3)18(14-7-5-4-6-8-14)22-19(23)21-15-9-10-16-17(13-15)25-12-11-24-16/h4-10,13,18H,11-12H2,1-3H3,(H2,21,22,23). The highest BCUT2D eigenvalue weighted by atomic mass is 16.6. The molecule has 2 aromatic rings. The van der Waals surface area contributed by atoms with Crippen LogP contribution in [0.3, 0.4) is 0 Å². The Hall–Kier alpha value is -2.69. The molecule has 0 radical (unpaired) electrons. The number of hydrogen-bond donors (Lipinski definition) is 2. The van der Waals surface area contributed by atoms with Gasteiger partial charge in [0.15, 0.2) is 11.5 Å². The van der Waals surface area contributed by atoms with Gasteiger partial charge in [-0.25, -0.2) is 4.79 Å². The van der Waals surface area contributed by atoms with Gasteiger partial charge in [0, 0.05) is 11.8 Å². The van der Waals surface area contributed by atoms with E-state index in [1.54, 1.807) is 6.07 Å². The van der Waals surface area contributed by atoms with E-state index in [2.05, 4.69) is 31.4 Å². The molecule has 1 atom stereocenters. The van der Waals surface area contributed by atoms with Gasteiger partial charge < -0.3 is 20.1 Å². The number of fused-ring (bicyclic) bond motifs is 1. The summed E-state index contributed by atoms with van der Waals surface area (Å²) >= 11 is 0. The molecule has 3 rings (SSSR count). The van der Waals surface area contributed by atoms with Gasteiger partial charge in [-0.05, 0) is 23.1 Å². The van der Waals surface area contributed by atoms with Crippen LogP contribution in [0.4, 0.5) is 10.5 Å². The Labute approximate surface area is 148 Å². The maximum absolute atomic E-state index is 12.5. The Morgan fingerprint density at radius 3 is 2.36 bits per heavy atom. The normalized spacial score (nSPS) is 14.5. The predicted octanol–water partition coefficient (Wildman–Crippen LogP) is 4.37. The fraction of sp³-hybridized carbons (Fsp3) is 0.350. The lowest BCUT2D eigenvalue weighted by atomic mass is 9.82. The molecule has 0 fully saturated rings. The molecule has 5 nitrogen and oxygen atoms in total. The van der Waals surface area contributed by atoms with Crippen LogP contribution < -0.4 is 20.1 Å². The molecule has 1 unspecified atom stereocenters. The van der Waals surface area contributed by atoms with Gasteiger partial charge in [0.2, 0.25) is 0 Å². The number of benzene rings is 2. The average molecular weight is 340 g/mol. The number of nitrogens with one attached hydrogen (secondary N) is 2. The zero-order valence-corrected chi connectivity index (χ0v) is 14.8. The van der Waals surface area contributed by atoms with Crippen molar-refractivity contribution < 1.29 is 14.3 Å². The Kier molecular flexibility index (Phi) is 4.83. The lowest BCUT2D eigenvalue weighted by Crippen LogP contribution is -2.39. The van der Waals surface area contributed by atoms with Crippen molar-refractivity contribution in [3.63, 3.8) is 0 Å². The Balaban J connectivity index is 1.72. The van der Waals surface area contributed by atoms with E-state index in [1.807, 2.05) is 42.5 Å². The second-order valence-corrected chi connectivity index (χ2v) is 7.17. The summed E-state index contributed by atoms with van der Waals surface area (Å²) in [4.78, 5) is 12.5. The molecule has 5 heteroatoms. The quantitative estimate of drug-likeness (QED) is 0.872. The number of anilines is 1. The molecule has 2 N–H and O–H groups in total. The topological polar surface area (TPSA) is 59.6 Å². The Bertz CT molecular complexity index is 738. The molecule has 1 aliphatic rings. The van der Waals surface area contributed by atoms with E-state index in [0.717, 1.165) is 5.56 Å². The van der Waals surface area contributed by atoms with Crippen molar-refractivity contribution in [3.8, 4) is 11.5 Å². The minimum Gasteiger partial charge on any atom is -0.486 e. The number of urea groups is 1. The van der Waals surface area contributed by atoms with Gasteiger partial charge in [-0.15, -0.1) is 0 Å². The van der Waals surface area contributed by atoms with Crippen molar-refractivity contribution in [1.29, 1.82) is 0 Å². The molecule has 2 amide bonds. The van der Waals surface area contributed by atoms with E-state index >= 15 is 0 Å². The molecule has 0 bridgehead atoms. The van der Waals surface area contributed by atoms with Gasteiger partial charge in [0.1, 0.15) is 13.2 Å². The Morgan fingerprint density at radius 2 is 1.68 bits per heavy atom. The van der Waals surface area contributed by atoms with E-state index in [0.29, 0.717) is 30.4 Å². The SMILES string of the molecule is CC(C)(C)C(NC(=O)Nc1ccc2c(c1)OCCO2)c1ccccc1. The second kappa shape index (κ2) is 7.05. The summed E-state index contributed by atoms with van der Waals surface area (Å²) in [6.45, 7) is 7.38. The summed E-state index contributed by atoms with van der Waals surface area (Å²) in [6.07, 6.45) is 0. The van der Waals surface area contributed by atoms with Crippen molar-refractivity contribution in [2.45, 2.75) is 26.8 Å². The molecule has 0 saturated carbocycles. The second-order valence-electron chi connectivity index (χ2n) is 7.17. The predicted molar refractivity (Wildman–Crippen MR) is 98.2 cm³/mol. The fourth-order valence-corrected chi connectivity index (χ4v) is 2.86. The zero-order valence-electron chi connectivity index (χ0n) is 14.8. The molecule has 2 aromatic carbocycles. The van der Waals surface area contributed by atoms with Crippen LogP contribution in [0.1, 0.15) is 32.4 Å². The highest BCUT2D eigenvalue weighted by molar-refractivity contribution is 5.90. The average Bonchev–Trinajstić information content (AvgIpc) is 2.59. The van der Waals surface area contributed by atoms with E-state index < -0.39 is 0 Å². The van der Waals surface area contributed by atoms with Gasteiger partial charge in [0.05, 0.1) is 6.04 Å². The number of rotatable bonds is 3. The van der Waals surface area contributed by atoms with Crippen molar-refractivity contribution in [1.82, 2.24) is 5.32 Å². The van der Waals surface area contributed by atoms with Crippen LogP contribution in [-0.2, 0) is 0 Å². The van der Waals surface area contributed by atoms with Crippen LogP contribution in [0.2, 0.25) is 0 Å². The van der Waals surface area contributed by atoms with E-state index in [-0.39, 0.29) is 17.5 Å². The third-order valence-corrected chi connectivity index (χ3v) is 4.07. The molecular weight excluding hydrogens is 316 g/mol. The van der Waals surface area contributed by atoms with Crippen LogP contribution in [0.15, 0.2) is 48.5 Å². The summed E-state index contributed by atoms with van der Waals surface area (Å²) in [5.74, 6) is 1.36. The first-order valence-electron chi connectivity index (χ1n) is 8.45. The van der Waals surface area contributed by atoms with Crippen molar-refractivity contribution >= 4 is 11.7 Å². The smallest absolute Gasteiger partial charge is 0.319 e. The molecule has 1 heterocycles. The number of carbonyl (C=O) groups excluding carboxylic acids is 1. The third kappa shape index (κ3) is 4.24. The highest BCUT2D eigenvalue weighted by Gasteiger charge is 2.27. The van der Waals surface area contributed by atoms with Crippen LogP contribution in [0.25, 0.3) is 0 Å². The van der Waals surface area contributed by atoms with E-state index in [9.17, 15) is 4.79 Å². The third-order valence-electron chi connectivity index (χ3n) is 4.07. The summed E-state index contributed by atoms with van der Waals surface area (Å²) < 4.78 is 11.1.